The third-order valence-corrected chi connectivity index (χ3v) is 6.79. The topological polar surface area (TPSA) is 64.3 Å². The molecule has 0 bridgehead atoms. The van der Waals surface area contributed by atoms with Gasteiger partial charge in [-0.2, -0.15) is 0 Å². The van der Waals surface area contributed by atoms with Crippen molar-refractivity contribution in [3.8, 4) is 0 Å². The Kier molecular flexibility index (Phi) is 5.00. The van der Waals surface area contributed by atoms with E-state index in [1.807, 2.05) is 37.3 Å². The molecule has 1 aliphatic heterocycles. The first-order valence-electron chi connectivity index (χ1n) is 11.2. The molecule has 1 atom stereocenters. The van der Waals surface area contributed by atoms with E-state index in [0.29, 0.717) is 10.9 Å². The number of aromatic nitrogens is 2. The van der Waals surface area contributed by atoms with Gasteiger partial charge < -0.3 is 4.90 Å². The number of amides is 1. The molecule has 0 saturated heterocycles. The minimum Gasteiger partial charge on any atom is -0.307 e. The Bertz CT molecular complexity index is 1270. The molecule has 2 aromatic carbocycles. The monoisotopic (exact) mass is 417 g/mol. The number of hydrogen-bond acceptors (Lipinski definition) is 3. The van der Waals surface area contributed by atoms with E-state index in [4.69, 9.17) is 0 Å². The van der Waals surface area contributed by atoms with Gasteiger partial charge in [0.05, 0.1) is 10.9 Å². The van der Waals surface area contributed by atoms with Crippen LogP contribution in [0.5, 0.6) is 0 Å². The third kappa shape index (κ3) is 3.30. The Morgan fingerprint density at radius 3 is 2.48 bits per heavy atom. The number of fused-ring (bicyclic) bond motifs is 2. The summed E-state index contributed by atoms with van der Waals surface area (Å²) in [4.78, 5) is 42.0. The summed E-state index contributed by atoms with van der Waals surface area (Å²) in [5, 5.41) is 0.496. The fourth-order valence-corrected chi connectivity index (χ4v) is 5.31. The van der Waals surface area contributed by atoms with Gasteiger partial charge >= 0.3 is 5.69 Å². The molecule has 0 radical (unpaired) electrons. The zero-order chi connectivity index (χ0) is 21.5. The molecule has 0 N–H and O–H groups in total. The summed E-state index contributed by atoms with van der Waals surface area (Å²) in [7, 11) is 0. The highest BCUT2D eigenvalue weighted by Crippen LogP contribution is 2.32. The van der Waals surface area contributed by atoms with Crippen LogP contribution < -0.4 is 16.1 Å². The van der Waals surface area contributed by atoms with Crippen molar-refractivity contribution in [1.82, 2.24) is 9.13 Å². The summed E-state index contributed by atoms with van der Waals surface area (Å²) in [6.45, 7) is 1.95. The lowest BCUT2D eigenvalue weighted by atomic mass is 9.95. The van der Waals surface area contributed by atoms with Crippen LogP contribution in [-0.2, 0) is 17.8 Å². The fraction of sp³-hybridized carbons (Fsp3) is 0.400. The Balaban J connectivity index is 1.61. The van der Waals surface area contributed by atoms with Crippen molar-refractivity contribution in [2.24, 2.45) is 0 Å². The van der Waals surface area contributed by atoms with Gasteiger partial charge in [-0.3, -0.25) is 18.7 Å². The Labute approximate surface area is 180 Å². The predicted molar refractivity (Wildman–Crippen MR) is 122 cm³/mol. The molecule has 31 heavy (non-hydrogen) atoms. The van der Waals surface area contributed by atoms with E-state index in [1.54, 1.807) is 23.1 Å². The molecule has 0 spiro atoms. The van der Waals surface area contributed by atoms with Gasteiger partial charge in [0.25, 0.3) is 5.56 Å². The van der Waals surface area contributed by atoms with Crippen LogP contribution in [0.4, 0.5) is 5.69 Å². The highest BCUT2D eigenvalue weighted by molar-refractivity contribution is 5.96. The second-order valence-corrected chi connectivity index (χ2v) is 8.80. The number of anilines is 1. The van der Waals surface area contributed by atoms with Gasteiger partial charge in [-0.1, -0.05) is 49.6 Å². The van der Waals surface area contributed by atoms with Crippen molar-refractivity contribution in [2.45, 2.75) is 64.1 Å². The zero-order valence-electron chi connectivity index (χ0n) is 17.8. The predicted octanol–water partition coefficient (Wildman–Crippen LogP) is 3.65. The largest absolute Gasteiger partial charge is 0.332 e. The number of nitrogens with zero attached hydrogens (tertiary/aromatic N) is 3. The van der Waals surface area contributed by atoms with Crippen LogP contribution in [0.1, 0.15) is 50.6 Å². The fourth-order valence-electron chi connectivity index (χ4n) is 5.31. The maximum atomic E-state index is 13.5. The average molecular weight is 418 g/mol. The first kappa shape index (κ1) is 19.8. The molecule has 6 nitrogen and oxygen atoms in total. The molecule has 2 aliphatic rings. The summed E-state index contributed by atoms with van der Waals surface area (Å²) < 4.78 is 2.91. The molecule has 1 amide bonds. The number of hydrogen-bond donors (Lipinski definition) is 0. The first-order valence-corrected chi connectivity index (χ1v) is 11.2. The van der Waals surface area contributed by atoms with Crippen molar-refractivity contribution < 1.29 is 4.79 Å². The third-order valence-electron chi connectivity index (χ3n) is 6.79. The molecule has 1 saturated carbocycles. The lowest BCUT2D eigenvalue weighted by Gasteiger charge is -2.26. The molecule has 5 rings (SSSR count). The number of carbonyl (C=O) groups is 1. The van der Waals surface area contributed by atoms with Gasteiger partial charge in [-0.25, -0.2) is 4.79 Å². The normalized spacial score (nSPS) is 19.0. The second-order valence-electron chi connectivity index (χ2n) is 8.80. The summed E-state index contributed by atoms with van der Waals surface area (Å²) in [5.41, 5.74) is 1.98. The molecule has 6 heteroatoms. The van der Waals surface area contributed by atoms with E-state index < -0.39 is 0 Å². The van der Waals surface area contributed by atoms with Crippen LogP contribution in [-0.4, -0.2) is 21.1 Å². The zero-order valence-corrected chi connectivity index (χ0v) is 17.8. The SMILES string of the molecule is CC1Cc2ccccc2N1C(=O)Cn1c(=O)n(C2CCCCC2)c(=O)c2ccccc21. The summed E-state index contributed by atoms with van der Waals surface area (Å²) in [5.74, 6) is -0.126. The molecular weight excluding hydrogens is 390 g/mol. The van der Waals surface area contributed by atoms with Crippen molar-refractivity contribution in [1.29, 1.82) is 0 Å². The van der Waals surface area contributed by atoms with Crippen LogP contribution in [0.2, 0.25) is 0 Å². The smallest absolute Gasteiger partial charge is 0.307 e. The lowest BCUT2D eigenvalue weighted by Crippen LogP contribution is -2.46. The molecular formula is C25H27N3O3. The van der Waals surface area contributed by atoms with Gasteiger partial charge in [-0.15, -0.1) is 0 Å². The van der Waals surface area contributed by atoms with Gasteiger partial charge in [0, 0.05) is 17.8 Å². The van der Waals surface area contributed by atoms with Crippen LogP contribution >= 0.6 is 0 Å². The minimum atomic E-state index is -0.371. The van der Waals surface area contributed by atoms with Crippen molar-refractivity contribution >= 4 is 22.5 Å². The van der Waals surface area contributed by atoms with Gasteiger partial charge in [0.15, 0.2) is 0 Å². The number of benzene rings is 2. The average Bonchev–Trinajstić information content (AvgIpc) is 3.13. The summed E-state index contributed by atoms with van der Waals surface area (Å²) >= 11 is 0. The van der Waals surface area contributed by atoms with Gasteiger partial charge in [0.2, 0.25) is 5.91 Å². The second kappa shape index (κ2) is 7.84. The quantitative estimate of drug-likeness (QED) is 0.654. The van der Waals surface area contributed by atoms with Crippen LogP contribution in [0.15, 0.2) is 58.1 Å². The molecule has 1 unspecified atom stereocenters. The van der Waals surface area contributed by atoms with E-state index in [9.17, 15) is 14.4 Å². The van der Waals surface area contributed by atoms with Crippen LogP contribution in [0, 0.1) is 0 Å². The van der Waals surface area contributed by atoms with Crippen molar-refractivity contribution in [2.75, 3.05) is 4.90 Å². The minimum absolute atomic E-state index is 0.0381. The molecule has 2 heterocycles. The van der Waals surface area contributed by atoms with Crippen LogP contribution in [0.25, 0.3) is 10.9 Å². The van der Waals surface area contributed by atoms with E-state index in [-0.39, 0.29) is 35.8 Å². The lowest BCUT2D eigenvalue weighted by molar-refractivity contribution is -0.119. The summed E-state index contributed by atoms with van der Waals surface area (Å²) in [6.07, 6.45) is 5.64. The standard InChI is InChI=1S/C25H27N3O3/c1-17-15-18-9-5-7-13-21(18)27(17)23(29)16-26-22-14-8-6-12-20(22)24(30)28(25(26)31)19-10-3-2-4-11-19/h5-9,12-14,17,19H,2-4,10-11,15-16H2,1H3. The number of carbonyl (C=O) groups excluding carboxylic acids is 1. The molecule has 1 aromatic heterocycles. The maximum Gasteiger partial charge on any atom is 0.332 e. The molecule has 3 aromatic rings. The molecule has 160 valence electrons. The van der Waals surface area contributed by atoms with Crippen molar-refractivity contribution in [3.63, 3.8) is 0 Å². The number of rotatable bonds is 3. The maximum absolute atomic E-state index is 13.5. The highest BCUT2D eigenvalue weighted by atomic mass is 16.2. The van der Waals surface area contributed by atoms with Crippen LogP contribution in [0.3, 0.4) is 0 Å². The van der Waals surface area contributed by atoms with E-state index in [1.165, 1.54) is 9.13 Å². The Morgan fingerprint density at radius 1 is 0.968 bits per heavy atom. The Morgan fingerprint density at radius 2 is 1.68 bits per heavy atom. The molecule has 1 fully saturated rings. The first-order chi connectivity index (χ1) is 15.1. The van der Waals surface area contributed by atoms with Gasteiger partial charge in [0.1, 0.15) is 6.54 Å². The summed E-state index contributed by atoms with van der Waals surface area (Å²) in [6, 6.07) is 15.0. The van der Waals surface area contributed by atoms with Crippen molar-refractivity contribution in [3.05, 3.63) is 74.9 Å². The van der Waals surface area contributed by atoms with E-state index in [0.717, 1.165) is 49.8 Å². The van der Waals surface area contributed by atoms with E-state index in [2.05, 4.69) is 0 Å². The highest BCUT2D eigenvalue weighted by Gasteiger charge is 2.31. The molecule has 1 aliphatic carbocycles. The van der Waals surface area contributed by atoms with E-state index >= 15 is 0 Å². The van der Waals surface area contributed by atoms with Gasteiger partial charge in [-0.05, 0) is 49.9 Å². The number of para-hydroxylation sites is 2. The Hall–Kier alpha value is -3.15.